The van der Waals surface area contributed by atoms with Gasteiger partial charge in [0.05, 0.1) is 12.6 Å². The van der Waals surface area contributed by atoms with Crippen molar-refractivity contribution in [1.82, 2.24) is 0 Å². The van der Waals surface area contributed by atoms with E-state index in [2.05, 4.69) is 5.32 Å². The summed E-state index contributed by atoms with van der Waals surface area (Å²) in [5.41, 5.74) is 1.76. The molecule has 18 heavy (non-hydrogen) atoms. The van der Waals surface area contributed by atoms with Gasteiger partial charge in [0, 0.05) is 15.7 Å². The number of hydrogen-bond donors (Lipinski definition) is 2. The van der Waals surface area contributed by atoms with Crippen LogP contribution in [0.5, 0.6) is 0 Å². The summed E-state index contributed by atoms with van der Waals surface area (Å²) < 4.78 is 0. The molecule has 0 heterocycles. The fraction of sp³-hybridized carbons (Fsp3) is 0.143. The fourth-order valence-electron chi connectivity index (χ4n) is 1.74. The third-order valence-corrected chi connectivity index (χ3v) is 3.20. The van der Waals surface area contributed by atoms with Crippen LogP contribution in [0.15, 0.2) is 48.5 Å². The quantitative estimate of drug-likeness (QED) is 0.883. The number of aliphatic hydroxyl groups is 1. The highest BCUT2D eigenvalue weighted by molar-refractivity contribution is 6.35. The third-order valence-electron chi connectivity index (χ3n) is 2.64. The van der Waals surface area contributed by atoms with Gasteiger partial charge in [0.2, 0.25) is 0 Å². The van der Waals surface area contributed by atoms with Crippen molar-refractivity contribution in [3.05, 3.63) is 64.1 Å². The zero-order chi connectivity index (χ0) is 13.0. The lowest BCUT2D eigenvalue weighted by atomic mass is 10.1. The molecule has 0 saturated heterocycles. The molecule has 0 aliphatic carbocycles. The minimum absolute atomic E-state index is 0.0454. The van der Waals surface area contributed by atoms with E-state index in [1.54, 1.807) is 12.1 Å². The van der Waals surface area contributed by atoms with Crippen LogP contribution in [0.25, 0.3) is 0 Å². The van der Waals surface area contributed by atoms with Crippen LogP contribution in [-0.4, -0.2) is 11.7 Å². The van der Waals surface area contributed by atoms with Crippen LogP contribution in [0.4, 0.5) is 5.69 Å². The first kappa shape index (κ1) is 13.2. The first-order valence-electron chi connectivity index (χ1n) is 5.58. The van der Waals surface area contributed by atoms with Crippen LogP contribution in [-0.2, 0) is 0 Å². The Morgan fingerprint density at radius 3 is 2.39 bits per heavy atom. The van der Waals surface area contributed by atoms with E-state index in [0.717, 1.165) is 11.3 Å². The molecule has 0 saturated carbocycles. The van der Waals surface area contributed by atoms with Gasteiger partial charge in [-0.05, 0) is 29.8 Å². The Hall–Kier alpha value is -1.22. The van der Waals surface area contributed by atoms with Crippen LogP contribution in [0.1, 0.15) is 11.6 Å². The largest absolute Gasteiger partial charge is 0.394 e. The predicted molar refractivity (Wildman–Crippen MR) is 76.4 cm³/mol. The molecule has 0 bridgehead atoms. The summed E-state index contributed by atoms with van der Waals surface area (Å²) in [6.07, 6.45) is 0. The number of aliphatic hydroxyl groups excluding tert-OH is 1. The predicted octanol–water partition coefficient (Wildman–Crippen LogP) is 4.14. The van der Waals surface area contributed by atoms with Crippen molar-refractivity contribution in [3.8, 4) is 0 Å². The monoisotopic (exact) mass is 281 g/mol. The molecule has 0 spiro atoms. The fourth-order valence-corrected chi connectivity index (χ4v) is 2.28. The summed E-state index contributed by atoms with van der Waals surface area (Å²) in [7, 11) is 0. The topological polar surface area (TPSA) is 32.3 Å². The molecule has 0 aliphatic heterocycles. The van der Waals surface area contributed by atoms with Crippen LogP contribution in [0, 0.1) is 0 Å². The maximum atomic E-state index is 9.48. The van der Waals surface area contributed by atoms with Crippen LogP contribution < -0.4 is 5.32 Å². The standard InChI is InChI=1S/C14H13Cl2NO/c15-10-6-7-12(13(16)8-10)14(9-18)17-11-4-2-1-3-5-11/h1-8,14,17-18H,9H2. The van der Waals surface area contributed by atoms with Gasteiger partial charge in [0.15, 0.2) is 0 Å². The number of halogens is 2. The first-order valence-corrected chi connectivity index (χ1v) is 6.33. The Morgan fingerprint density at radius 1 is 1.06 bits per heavy atom. The van der Waals surface area contributed by atoms with Gasteiger partial charge in [-0.1, -0.05) is 47.5 Å². The molecular weight excluding hydrogens is 269 g/mol. The number of hydrogen-bond acceptors (Lipinski definition) is 2. The van der Waals surface area contributed by atoms with Gasteiger partial charge in [0.25, 0.3) is 0 Å². The Kier molecular flexibility index (Phi) is 4.48. The molecule has 2 N–H and O–H groups in total. The average molecular weight is 282 g/mol. The maximum Gasteiger partial charge on any atom is 0.0759 e. The molecule has 1 atom stereocenters. The lowest BCUT2D eigenvalue weighted by molar-refractivity contribution is 0.276. The number of rotatable bonds is 4. The molecule has 0 aliphatic rings. The molecule has 2 aromatic carbocycles. The molecule has 0 amide bonds. The highest BCUT2D eigenvalue weighted by atomic mass is 35.5. The Bertz CT molecular complexity index is 516. The van der Waals surface area contributed by atoms with Crippen molar-refractivity contribution in [3.63, 3.8) is 0 Å². The lowest BCUT2D eigenvalue weighted by Crippen LogP contribution is -2.15. The summed E-state index contributed by atoms with van der Waals surface area (Å²) in [5, 5.41) is 13.8. The molecule has 4 heteroatoms. The summed E-state index contributed by atoms with van der Waals surface area (Å²) in [5.74, 6) is 0. The Morgan fingerprint density at radius 2 is 1.78 bits per heavy atom. The minimum atomic E-state index is -0.253. The average Bonchev–Trinajstić information content (AvgIpc) is 2.38. The van der Waals surface area contributed by atoms with Gasteiger partial charge in [-0.2, -0.15) is 0 Å². The van der Waals surface area contributed by atoms with Gasteiger partial charge in [0.1, 0.15) is 0 Å². The van der Waals surface area contributed by atoms with Crippen molar-refractivity contribution >= 4 is 28.9 Å². The second-order valence-electron chi connectivity index (χ2n) is 3.91. The van der Waals surface area contributed by atoms with Crippen LogP contribution in [0.2, 0.25) is 10.0 Å². The van der Waals surface area contributed by atoms with Gasteiger partial charge >= 0.3 is 0 Å². The van der Waals surface area contributed by atoms with Gasteiger partial charge in [-0.3, -0.25) is 0 Å². The number of benzene rings is 2. The molecular formula is C14H13Cl2NO. The van der Waals surface area contributed by atoms with Crippen LogP contribution >= 0.6 is 23.2 Å². The molecule has 2 nitrogen and oxygen atoms in total. The van der Waals surface area contributed by atoms with E-state index in [-0.39, 0.29) is 12.6 Å². The van der Waals surface area contributed by atoms with E-state index in [1.807, 2.05) is 36.4 Å². The molecule has 2 rings (SSSR count). The van der Waals surface area contributed by atoms with E-state index in [9.17, 15) is 5.11 Å². The van der Waals surface area contributed by atoms with Crippen molar-refractivity contribution in [2.75, 3.05) is 11.9 Å². The first-order chi connectivity index (χ1) is 8.70. The summed E-state index contributed by atoms with van der Waals surface area (Å²) in [6.45, 7) is -0.0454. The van der Waals surface area contributed by atoms with E-state index in [0.29, 0.717) is 10.0 Å². The van der Waals surface area contributed by atoms with Gasteiger partial charge in [-0.25, -0.2) is 0 Å². The summed E-state index contributed by atoms with van der Waals surface area (Å²) in [4.78, 5) is 0. The second-order valence-corrected chi connectivity index (χ2v) is 4.75. The molecule has 0 fully saturated rings. The number of para-hydroxylation sites is 1. The van der Waals surface area contributed by atoms with Crippen molar-refractivity contribution in [2.24, 2.45) is 0 Å². The summed E-state index contributed by atoms with van der Waals surface area (Å²) >= 11 is 12.0. The van der Waals surface area contributed by atoms with E-state index in [4.69, 9.17) is 23.2 Å². The van der Waals surface area contributed by atoms with E-state index in [1.165, 1.54) is 0 Å². The van der Waals surface area contributed by atoms with Gasteiger partial charge < -0.3 is 10.4 Å². The van der Waals surface area contributed by atoms with E-state index < -0.39 is 0 Å². The SMILES string of the molecule is OCC(Nc1ccccc1)c1ccc(Cl)cc1Cl. The molecule has 0 radical (unpaired) electrons. The minimum Gasteiger partial charge on any atom is -0.394 e. The smallest absolute Gasteiger partial charge is 0.0759 e. The zero-order valence-corrected chi connectivity index (χ0v) is 11.1. The number of anilines is 1. The van der Waals surface area contributed by atoms with Gasteiger partial charge in [-0.15, -0.1) is 0 Å². The normalized spacial score (nSPS) is 12.2. The number of nitrogens with one attached hydrogen (secondary N) is 1. The molecule has 0 aromatic heterocycles. The van der Waals surface area contributed by atoms with Crippen LogP contribution in [0.3, 0.4) is 0 Å². The van der Waals surface area contributed by atoms with Crippen molar-refractivity contribution < 1.29 is 5.11 Å². The highest BCUT2D eigenvalue weighted by Crippen LogP contribution is 2.28. The molecule has 94 valence electrons. The Balaban J connectivity index is 2.23. The maximum absolute atomic E-state index is 9.48. The van der Waals surface area contributed by atoms with E-state index >= 15 is 0 Å². The third kappa shape index (κ3) is 3.16. The molecule has 1 unspecified atom stereocenters. The zero-order valence-electron chi connectivity index (χ0n) is 9.61. The van der Waals surface area contributed by atoms with Crippen molar-refractivity contribution in [2.45, 2.75) is 6.04 Å². The van der Waals surface area contributed by atoms with Crippen molar-refractivity contribution in [1.29, 1.82) is 0 Å². The lowest BCUT2D eigenvalue weighted by Gasteiger charge is -2.19. The Labute approximate surface area is 116 Å². The highest BCUT2D eigenvalue weighted by Gasteiger charge is 2.13. The summed E-state index contributed by atoms with van der Waals surface area (Å²) in [6, 6.07) is 14.7. The molecule has 2 aromatic rings. The second kappa shape index (κ2) is 6.10.